The molecule has 0 saturated heterocycles. The first-order valence-electron chi connectivity index (χ1n) is 8.05. The normalized spacial score (nSPS) is 11.0. The Bertz CT molecular complexity index is 835. The number of esters is 1. The van der Waals surface area contributed by atoms with Crippen molar-refractivity contribution < 1.29 is 22.7 Å². The Labute approximate surface area is 158 Å². The van der Waals surface area contributed by atoms with Gasteiger partial charge in [0.15, 0.2) is 0 Å². The van der Waals surface area contributed by atoms with Gasteiger partial charge in [-0.3, -0.25) is 9.10 Å². The van der Waals surface area contributed by atoms with Crippen LogP contribution in [0.5, 0.6) is 5.75 Å². The molecule has 0 bridgehead atoms. The van der Waals surface area contributed by atoms with Crippen LogP contribution in [0.25, 0.3) is 0 Å². The number of hydrogen-bond donors (Lipinski definition) is 0. The van der Waals surface area contributed by atoms with E-state index in [2.05, 4.69) is 0 Å². The molecule has 2 aromatic rings. The van der Waals surface area contributed by atoms with Gasteiger partial charge >= 0.3 is 5.97 Å². The maximum Gasteiger partial charge on any atom is 0.326 e. The van der Waals surface area contributed by atoms with Crippen LogP contribution in [0, 0.1) is 0 Å². The van der Waals surface area contributed by atoms with Gasteiger partial charge in [-0.15, -0.1) is 0 Å². The zero-order chi connectivity index (χ0) is 19.2. The van der Waals surface area contributed by atoms with E-state index >= 15 is 0 Å². The molecule has 0 aromatic heterocycles. The van der Waals surface area contributed by atoms with Gasteiger partial charge in [-0.1, -0.05) is 11.6 Å². The minimum atomic E-state index is -3.98. The van der Waals surface area contributed by atoms with Gasteiger partial charge in [-0.25, -0.2) is 8.42 Å². The molecule has 0 atom stereocenters. The third kappa shape index (κ3) is 4.89. The molecule has 0 aliphatic heterocycles. The van der Waals surface area contributed by atoms with Crippen LogP contribution in [0.2, 0.25) is 5.02 Å². The molecule has 6 nitrogen and oxygen atoms in total. The van der Waals surface area contributed by atoms with Gasteiger partial charge in [0.25, 0.3) is 10.0 Å². The first-order valence-corrected chi connectivity index (χ1v) is 9.87. The van der Waals surface area contributed by atoms with E-state index in [1.165, 1.54) is 24.3 Å². The number of carbonyl (C=O) groups excluding carboxylic acids is 1. The number of rotatable bonds is 8. The number of halogens is 1. The van der Waals surface area contributed by atoms with Crippen molar-refractivity contribution in [3.63, 3.8) is 0 Å². The lowest BCUT2D eigenvalue weighted by molar-refractivity contribution is -0.141. The molecule has 0 saturated carbocycles. The topological polar surface area (TPSA) is 72.9 Å². The van der Waals surface area contributed by atoms with Crippen molar-refractivity contribution in [2.75, 3.05) is 24.1 Å². The Morgan fingerprint density at radius 1 is 1.00 bits per heavy atom. The highest BCUT2D eigenvalue weighted by Gasteiger charge is 2.27. The second kappa shape index (κ2) is 8.91. The summed E-state index contributed by atoms with van der Waals surface area (Å²) >= 11 is 5.83. The highest BCUT2D eigenvalue weighted by molar-refractivity contribution is 7.92. The van der Waals surface area contributed by atoms with Gasteiger partial charge in [-0.05, 0) is 62.4 Å². The summed E-state index contributed by atoms with van der Waals surface area (Å²) in [4.78, 5) is 12.0. The maximum atomic E-state index is 13.0. The second-order valence-corrected chi connectivity index (χ2v) is 7.50. The fraction of sp³-hybridized carbons (Fsp3) is 0.278. The van der Waals surface area contributed by atoms with Crippen molar-refractivity contribution in [3.05, 3.63) is 53.6 Å². The van der Waals surface area contributed by atoms with Crippen LogP contribution in [0.3, 0.4) is 0 Å². The second-order valence-electron chi connectivity index (χ2n) is 5.20. The van der Waals surface area contributed by atoms with Crippen molar-refractivity contribution in [1.29, 1.82) is 0 Å². The number of sulfonamides is 1. The Balaban J connectivity index is 2.42. The monoisotopic (exact) mass is 397 g/mol. The summed E-state index contributed by atoms with van der Waals surface area (Å²) in [6.45, 7) is 3.73. The number of hydrogen-bond acceptors (Lipinski definition) is 5. The maximum absolute atomic E-state index is 13.0. The van der Waals surface area contributed by atoms with E-state index in [0.29, 0.717) is 23.1 Å². The van der Waals surface area contributed by atoms with Crippen molar-refractivity contribution in [1.82, 2.24) is 0 Å². The first-order chi connectivity index (χ1) is 12.4. The summed E-state index contributed by atoms with van der Waals surface area (Å²) < 4.78 is 37.4. The van der Waals surface area contributed by atoms with Crippen molar-refractivity contribution in [3.8, 4) is 5.75 Å². The molecule has 0 aliphatic carbocycles. The van der Waals surface area contributed by atoms with Crippen LogP contribution in [0.15, 0.2) is 53.4 Å². The van der Waals surface area contributed by atoms with Gasteiger partial charge in [0.05, 0.1) is 23.8 Å². The Morgan fingerprint density at radius 3 is 2.15 bits per heavy atom. The highest BCUT2D eigenvalue weighted by atomic mass is 35.5. The van der Waals surface area contributed by atoms with Crippen LogP contribution >= 0.6 is 11.6 Å². The van der Waals surface area contributed by atoms with Gasteiger partial charge in [0, 0.05) is 5.02 Å². The molecular weight excluding hydrogens is 378 g/mol. The Morgan fingerprint density at radius 2 is 1.62 bits per heavy atom. The van der Waals surface area contributed by atoms with Crippen LogP contribution in [-0.4, -0.2) is 34.1 Å². The van der Waals surface area contributed by atoms with Gasteiger partial charge in [-0.2, -0.15) is 0 Å². The molecule has 2 aromatic carbocycles. The van der Waals surface area contributed by atoms with Crippen molar-refractivity contribution in [2.45, 2.75) is 18.7 Å². The average Bonchev–Trinajstić information content (AvgIpc) is 2.61. The standard InChI is InChI=1S/C18H20ClNO5S/c1-3-24-16-9-7-15(8-10-16)20(13-18(21)25-4-2)26(22,23)17-11-5-14(19)6-12-17/h5-12H,3-4,13H2,1-2H3. The molecular formula is C18H20ClNO5S. The van der Waals surface area contributed by atoms with Crippen molar-refractivity contribution in [2.24, 2.45) is 0 Å². The molecule has 140 valence electrons. The largest absolute Gasteiger partial charge is 0.494 e. The van der Waals surface area contributed by atoms with Crippen LogP contribution in [0.1, 0.15) is 13.8 Å². The predicted molar refractivity (Wildman–Crippen MR) is 100 cm³/mol. The predicted octanol–water partition coefficient (Wildman–Crippen LogP) is 3.50. The summed E-state index contributed by atoms with van der Waals surface area (Å²) in [5, 5.41) is 0.418. The lowest BCUT2D eigenvalue weighted by atomic mass is 10.3. The molecule has 2 rings (SSSR count). The summed E-state index contributed by atoms with van der Waals surface area (Å²) in [7, 11) is -3.98. The summed E-state index contributed by atoms with van der Waals surface area (Å²) in [6.07, 6.45) is 0. The fourth-order valence-corrected chi connectivity index (χ4v) is 3.78. The van der Waals surface area contributed by atoms with E-state index in [9.17, 15) is 13.2 Å². The van der Waals surface area contributed by atoms with E-state index in [1.54, 1.807) is 31.2 Å². The molecule has 0 N–H and O–H groups in total. The molecule has 26 heavy (non-hydrogen) atoms. The molecule has 0 unspecified atom stereocenters. The number of nitrogens with zero attached hydrogens (tertiary/aromatic N) is 1. The van der Waals surface area contributed by atoms with Crippen molar-refractivity contribution >= 4 is 33.3 Å². The van der Waals surface area contributed by atoms with Crippen LogP contribution < -0.4 is 9.04 Å². The molecule has 0 heterocycles. The summed E-state index contributed by atoms with van der Waals surface area (Å²) in [5.41, 5.74) is 0.330. The molecule has 0 fully saturated rings. The number of anilines is 1. The Hall–Kier alpha value is -2.25. The van der Waals surface area contributed by atoms with E-state index in [4.69, 9.17) is 21.1 Å². The smallest absolute Gasteiger partial charge is 0.326 e. The minimum Gasteiger partial charge on any atom is -0.494 e. The van der Waals surface area contributed by atoms with Crippen LogP contribution in [-0.2, 0) is 19.6 Å². The van der Waals surface area contributed by atoms with Crippen LogP contribution in [0.4, 0.5) is 5.69 Å². The van der Waals surface area contributed by atoms with E-state index in [1.807, 2.05) is 6.92 Å². The molecule has 0 radical (unpaired) electrons. The zero-order valence-electron chi connectivity index (χ0n) is 14.5. The van der Waals surface area contributed by atoms with Gasteiger partial charge < -0.3 is 9.47 Å². The quantitative estimate of drug-likeness (QED) is 0.637. The SMILES string of the molecule is CCOC(=O)CN(c1ccc(OCC)cc1)S(=O)(=O)c1ccc(Cl)cc1. The average molecular weight is 398 g/mol. The summed E-state index contributed by atoms with van der Waals surface area (Å²) in [6, 6.07) is 12.2. The molecule has 0 aliphatic rings. The first kappa shape index (κ1) is 20.1. The van der Waals surface area contributed by atoms with E-state index in [0.717, 1.165) is 4.31 Å². The third-order valence-corrected chi connectivity index (χ3v) is 5.46. The fourth-order valence-electron chi connectivity index (χ4n) is 2.25. The molecule has 8 heteroatoms. The van der Waals surface area contributed by atoms with Gasteiger partial charge in [0.2, 0.25) is 0 Å². The molecule has 0 spiro atoms. The third-order valence-electron chi connectivity index (χ3n) is 3.42. The highest BCUT2D eigenvalue weighted by Crippen LogP contribution is 2.26. The number of benzene rings is 2. The molecule has 0 amide bonds. The zero-order valence-corrected chi connectivity index (χ0v) is 16.1. The minimum absolute atomic E-state index is 0.0279. The number of ether oxygens (including phenoxy) is 2. The van der Waals surface area contributed by atoms with E-state index < -0.39 is 22.5 Å². The summed E-state index contributed by atoms with van der Waals surface area (Å²) in [5.74, 6) is -0.0323. The van der Waals surface area contributed by atoms with E-state index in [-0.39, 0.29) is 11.5 Å². The van der Waals surface area contributed by atoms with Gasteiger partial charge in [0.1, 0.15) is 12.3 Å². The Kier molecular flexibility index (Phi) is 6.88. The lowest BCUT2D eigenvalue weighted by Gasteiger charge is -2.24. The lowest BCUT2D eigenvalue weighted by Crippen LogP contribution is -2.36. The number of carbonyl (C=O) groups is 1.